The lowest BCUT2D eigenvalue weighted by Gasteiger charge is -2.04. The second kappa shape index (κ2) is 8.86. The summed E-state index contributed by atoms with van der Waals surface area (Å²) in [6.07, 6.45) is 5.09. The van der Waals surface area contributed by atoms with Crippen LogP contribution in [0.5, 0.6) is 5.75 Å². The Labute approximate surface area is 158 Å². The van der Waals surface area contributed by atoms with E-state index in [1.807, 2.05) is 30.3 Å². The standard InChI is InChI=1S/C23H21NO3/c1-2-3-4-13-27-22-12-11-21(24-16-22)10-6-17-5-7-19-15-20(23(25)26)9-8-18(19)14-17/h5,7-9,11-12,14-16H,2-4,13H2,1H3,(H,25,26). The lowest BCUT2D eigenvalue weighted by atomic mass is 10.0. The molecule has 0 amide bonds. The summed E-state index contributed by atoms with van der Waals surface area (Å²) in [5, 5.41) is 10.9. The van der Waals surface area contributed by atoms with E-state index in [-0.39, 0.29) is 5.56 Å². The molecule has 0 spiro atoms. The van der Waals surface area contributed by atoms with E-state index in [9.17, 15) is 4.79 Å². The Morgan fingerprint density at radius 2 is 1.85 bits per heavy atom. The van der Waals surface area contributed by atoms with E-state index < -0.39 is 5.97 Å². The molecule has 3 rings (SSSR count). The average Bonchev–Trinajstić information content (AvgIpc) is 2.70. The number of pyridine rings is 1. The first kappa shape index (κ1) is 18.5. The van der Waals surface area contributed by atoms with Crippen molar-refractivity contribution in [1.29, 1.82) is 0 Å². The van der Waals surface area contributed by atoms with E-state index in [0.29, 0.717) is 12.3 Å². The van der Waals surface area contributed by atoms with Gasteiger partial charge >= 0.3 is 5.97 Å². The molecule has 0 atom stereocenters. The molecule has 136 valence electrons. The highest BCUT2D eigenvalue weighted by Gasteiger charge is 2.03. The Kier molecular flexibility index (Phi) is 6.06. The number of aromatic carboxylic acids is 1. The van der Waals surface area contributed by atoms with Crippen LogP contribution in [0.15, 0.2) is 54.7 Å². The number of hydrogen-bond acceptors (Lipinski definition) is 3. The molecule has 2 aromatic carbocycles. The first-order valence-electron chi connectivity index (χ1n) is 9.03. The number of ether oxygens (including phenoxy) is 1. The van der Waals surface area contributed by atoms with E-state index in [2.05, 4.69) is 23.7 Å². The summed E-state index contributed by atoms with van der Waals surface area (Å²) in [5.41, 5.74) is 1.81. The number of carbonyl (C=O) groups is 1. The van der Waals surface area contributed by atoms with Crippen LogP contribution in [0.3, 0.4) is 0 Å². The van der Waals surface area contributed by atoms with Crippen LogP contribution >= 0.6 is 0 Å². The SMILES string of the molecule is CCCCCOc1ccc(C#Cc2ccc3cc(C(=O)O)ccc3c2)nc1. The van der Waals surface area contributed by atoms with Gasteiger partial charge in [0.15, 0.2) is 0 Å². The number of unbranched alkanes of at least 4 members (excludes halogenated alkanes) is 2. The molecule has 1 aromatic heterocycles. The Balaban J connectivity index is 1.69. The molecule has 0 aliphatic rings. The Morgan fingerprint density at radius 3 is 2.59 bits per heavy atom. The van der Waals surface area contributed by atoms with Crippen molar-refractivity contribution >= 4 is 16.7 Å². The van der Waals surface area contributed by atoms with Crippen LogP contribution in [0.2, 0.25) is 0 Å². The maximum atomic E-state index is 11.0. The van der Waals surface area contributed by atoms with Gasteiger partial charge < -0.3 is 9.84 Å². The van der Waals surface area contributed by atoms with Crippen molar-refractivity contribution in [2.45, 2.75) is 26.2 Å². The van der Waals surface area contributed by atoms with Crippen LogP contribution in [0.1, 0.15) is 47.8 Å². The molecule has 0 fully saturated rings. The maximum Gasteiger partial charge on any atom is 0.335 e. The van der Waals surface area contributed by atoms with Gasteiger partial charge in [-0.25, -0.2) is 9.78 Å². The van der Waals surface area contributed by atoms with Gasteiger partial charge in [-0.05, 0) is 59.5 Å². The zero-order valence-electron chi connectivity index (χ0n) is 15.2. The molecule has 0 radical (unpaired) electrons. The number of aromatic nitrogens is 1. The molecular formula is C23H21NO3. The Morgan fingerprint density at radius 1 is 1.04 bits per heavy atom. The topological polar surface area (TPSA) is 59.4 Å². The van der Waals surface area contributed by atoms with Crippen molar-refractivity contribution in [2.75, 3.05) is 6.61 Å². The van der Waals surface area contributed by atoms with Crippen LogP contribution in [0.25, 0.3) is 10.8 Å². The fourth-order valence-corrected chi connectivity index (χ4v) is 2.67. The van der Waals surface area contributed by atoms with Crippen molar-refractivity contribution < 1.29 is 14.6 Å². The predicted molar refractivity (Wildman–Crippen MR) is 106 cm³/mol. The second-order valence-electron chi connectivity index (χ2n) is 6.27. The van der Waals surface area contributed by atoms with Crippen molar-refractivity contribution in [2.24, 2.45) is 0 Å². The summed E-state index contributed by atoms with van der Waals surface area (Å²) in [5.74, 6) is 5.98. The Hall–Kier alpha value is -3.32. The molecular weight excluding hydrogens is 338 g/mol. The monoisotopic (exact) mass is 359 g/mol. The molecule has 0 aliphatic carbocycles. The number of hydrogen-bond donors (Lipinski definition) is 1. The van der Waals surface area contributed by atoms with Gasteiger partial charge in [0.1, 0.15) is 11.4 Å². The van der Waals surface area contributed by atoms with Gasteiger partial charge in [0.25, 0.3) is 0 Å². The van der Waals surface area contributed by atoms with Gasteiger partial charge in [-0.3, -0.25) is 0 Å². The maximum absolute atomic E-state index is 11.0. The molecule has 3 aromatic rings. The van der Waals surface area contributed by atoms with E-state index in [1.54, 1.807) is 24.4 Å². The number of fused-ring (bicyclic) bond motifs is 1. The zero-order valence-corrected chi connectivity index (χ0v) is 15.2. The lowest BCUT2D eigenvalue weighted by Crippen LogP contribution is -1.97. The van der Waals surface area contributed by atoms with Crippen molar-refractivity contribution in [3.63, 3.8) is 0 Å². The van der Waals surface area contributed by atoms with Gasteiger partial charge in [-0.15, -0.1) is 0 Å². The fourth-order valence-electron chi connectivity index (χ4n) is 2.67. The lowest BCUT2D eigenvalue weighted by molar-refractivity contribution is 0.0697. The first-order chi connectivity index (χ1) is 13.2. The molecule has 4 heteroatoms. The van der Waals surface area contributed by atoms with Crippen LogP contribution in [-0.2, 0) is 0 Å². The third-order valence-corrected chi connectivity index (χ3v) is 4.18. The number of nitrogens with zero attached hydrogens (tertiary/aromatic N) is 1. The normalized spacial score (nSPS) is 10.3. The second-order valence-corrected chi connectivity index (χ2v) is 6.27. The molecule has 4 nitrogen and oxygen atoms in total. The largest absolute Gasteiger partial charge is 0.492 e. The zero-order chi connectivity index (χ0) is 19.1. The van der Waals surface area contributed by atoms with Crippen LogP contribution < -0.4 is 4.74 Å². The minimum atomic E-state index is -0.926. The van der Waals surface area contributed by atoms with Gasteiger partial charge in [-0.2, -0.15) is 0 Å². The van der Waals surface area contributed by atoms with Crippen LogP contribution in [-0.4, -0.2) is 22.7 Å². The molecule has 0 saturated heterocycles. The number of rotatable bonds is 6. The average molecular weight is 359 g/mol. The fraction of sp³-hybridized carbons (Fsp3) is 0.217. The molecule has 0 bridgehead atoms. The summed E-state index contributed by atoms with van der Waals surface area (Å²) in [4.78, 5) is 15.4. The molecule has 1 heterocycles. The van der Waals surface area contributed by atoms with Gasteiger partial charge in [0.05, 0.1) is 18.4 Å². The minimum absolute atomic E-state index is 0.280. The van der Waals surface area contributed by atoms with Crippen molar-refractivity contribution in [1.82, 2.24) is 4.98 Å². The Bertz CT molecular complexity index is 998. The number of carboxylic acids is 1. The van der Waals surface area contributed by atoms with Gasteiger partial charge in [0.2, 0.25) is 0 Å². The third kappa shape index (κ3) is 5.08. The molecule has 27 heavy (non-hydrogen) atoms. The summed E-state index contributed by atoms with van der Waals surface area (Å²) in [6.45, 7) is 2.87. The quantitative estimate of drug-likeness (QED) is 0.502. The molecule has 0 saturated carbocycles. The highest BCUT2D eigenvalue weighted by molar-refractivity contribution is 5.94. The molecule has 0 aliphatic heterocycles. The highest BCUT2D eigenvalue weighted by atomic mass is 16.5. The van der Waals surface area contributed by atoms with Crippen LogP contribution in [0, 0.1) is 11.8 Å². The third-order valence-electron chi connectivity index (χ3n) is 4.18. The first-order valence-corrected chi connectivity index (χ1v) is 9.03. The van der Waals surface area contributed by atoms with Crippen LogP contribution in [0.4, 0.5) is 0 Å². The summed E-state index contributed by atoms with van der Waals surface area (Å²) in [6, 6.07) is 14.5. The smallest absolute Gasteiger partial charge is 0.335 e. The highest BCUT2D eigenvalue weighted by Crippen LogP contribution is 2.18. The van der Waals surface area contributed by atoms with E-state index >= 15 is 0 Å². The predicted octanol–water partition coefficient (Wildman–Crippen LogP) is 4.90. The number of benzene rings is 2. The summed E-state index contributed by atoms with van der Waals surface area (Å²) < 4.78 is 5.65. The number of carboxylic acid groups (broad SMARTS) is 1. The minimum Gasteiger partial charge on any atom is -0.492 e. The molecule has 0 unspecified atom stereocenters. The van der Waals surface area contributed by atoms with E-state index in [0.717, 1.165) is 28.5 Å². The van der Waals surface area contributed by atoms with E-state index in [4.69, 9.17) is 9.84 Å². The van der Waals surface area contributed by atoms with Gasteiger partial charge in [0, 0.05) is 5.56 Å². The van der Waals surface area contributed by atoms with Crippen molar-refractivity contribution in [3.05, 3.63) is 71.5 Å². The molecule has 1 N–H and O–H groups in total. The summed E-state index contributed by atoms with van der Waals surface area (Å²) >= 11 is 0. The van der Waals surface area contributed by atoms with E-state index in [1.165, 1.54) is 12.8 Å². The van der Waals surface area contributed by atoms with Gasteiger partial charge in [-0.1, -0.05) is 37.8 Å². The van der Waals surface area contributed by atoms with Crippen molar-refractivity contribution in [3.8, 4) is 17.6 Å². The summed E-state index contributed by atoms with van der Waals surface area (Å²) in [7, 11) is 0.